The van der Waals surface area contributed by atoms with E-state index in [2.05, 4.69) is 58.4 Å². The van der Waals surface area contributed by atoms with Gasteiger partial charge in [0.1, 0.15) is 65.1 Å². The molecule has 634 valence electrons. The van der Waals surface area contributed by atoms with Crippen LogP contribution in [-0.4, -0.2) is 238 Å². The Kier molecular flexibility index (Phi) is 43.0. The monoisotopic (exact) mass is 1690 g/mol. The van der Waals surface area contributed by atoms with Gasteiger partial charge >= 0.3 is 41.9 Å². The van der Waals surface area contributed by atoms with Crippen LogP contribution in [-0.2, 0) is 84.6 Å². The van der Waals surface area contributed by atoms with E-state index in [1.807, 2.05) is 32.7 Å². The molecule has 1 aliphatic heterocycles. The van der Waals surface area contributed by atoms with Crippen molar-refractivity contribution < 1.29 is 117 Å². The first-order valence-corrected chi connectivity index (χ1v) is 41.0. The number of ether oxygens (including phenoxy) is 2. The quantitative estimate of drug-likeness (QED) is 0.00732. The minimum atomic E-state index is -1.76. The van der Waals surface area contributed by atoms with Crippen LogP contribution in [0.1, 0.15) is 171 Å². The number of aliphatic hydroxyl groups excluding tert-OH is 1. The van der Waals surface area contributed by atoms with Gasteiger partial charge in [-0.2, -0.15) is 0 Å². The van der Waals surface area contributed by atoms with Crippen molar-refractivity contribution in [3.05, 3.63) is 93.1 Å². The second kappa shape index (κ2) is 50.9. The number of phenols is 1. The summed E-state index contributed by atoms with van der Waals surface area (Å²) in [7, 11) is 3.86. The molecule has 0 spiro atoms. The number of nitrogens with zero attached hydrogens (tertiary/aromatic N) is 3. The number of aliphatic carboxylic acids is 5. The summed E-state index contributed by atoms with van der Waals surface area (Å²) in [6.07, 6.45) is -2.27. The van der Waals surface area contributed by atoms with E-state index in [9.17, 15) is 103 Å². The van der Waals surface area contributed by atoms with Gasteiger partial charge in [-0.3, -0.25) is 63.1 Å². The number of esters is 1. The maximum absolute atomic E-state index is 14.8. The zero-order valence-corrected chi connectivity index (χ0v) is 68.2. The SMILES string of the molecule is CCCC(=O)OCN(C(=O)/C(NC(=O)[C@H]1CCCCN1C)=C(/C)CC)[C@H](C[C@@H](O)c1nc(C(=O)N[C@@H](Cc2ccc(O)cc2)C[C@H](C)C(=O)NNC(=O)OCCSSC[C@H](NC(=O)[C@H](Cc2ccccc2)NC(=O)[C@H](CC(=O)O)NC(=O)CCCNC(=O)CC[C@@H](NC(=S)N[C@H](CCC(=O)O)C(=O)O)C(=O)O)C(=O)O)cs1)C(C)C. The topological polar surface area (TPSA) is 556 Å². The lowest BCUT2D eigenvalue weighted by molar-refractivity contribution is -0.156. The number of phenolic OH excluding ortho intramolecular Hbond substituents is 1. The van der Waals surface area contributed by atoms with E-state index in [1.165, 1.54) is 22.4 Å². The normalized spacial score (nSPS) is 15.2. The molecule has 41 heteroatoms. The fourth-order valence-corrected chi connectivity index (χ4v) is 14.6. The molecule has 4 rings (SSSR count). The highest BCUT2D eigenvalue weighted by atomic mass is 33.1. The molecule has 10 atom stereocenters. The van der Waals surface area contributed by atoms with Crippen molar-refractivity contribution in [2.75, 3.05) is 45.0 Å². The molecular weight excluding hydrogens is 1580 g/mol. The summed E-state index contributed by atoms with van der Waals surface area (Å²) in [5, 5.41) is 90.8. The molecule has 37 nitrogen and oxygen atoms in total. The Morgan fingerprint density at radius 2 is 1.32 bits per heavy atom. The average molecular weight is 1690 g/mol. The van der Waals surface area contributed by atoms with Gasteiger partial charge in [0.15, 0.2) is 11.8 Å². The van der Waals surface area contributed by atoms with Gasteiger partial charge in [0.2, 0.25) is 35.4 Å². The Balaban J connectivity index is 1.31. The number of carboxylic acid groups (broad SMARTS) is 5. The number of hydrogen-bond donors (Lipinski definition) is 17. The number of thiocarbonyl (C=S) groups is 1. The molecule has 0 aliphatic carbocycles. The number of thiazole rings is 1. The summed E-state index contributed by atoms with van der Waals surface area (Å²) in [5.41, 5.74) is 6.17. The van der Waals surface area contributed by atoms with Crippen LogP contribution in [0.5, 0.6) is 5.75 Å². The smallest absolute Gasteiger partial charge is 0.426 e. The zero-order chi connectivity index (χ0) is 85.4. The fraction of sp³-hybridized carbons (Fsp3) is 0.554. The molecule has 0 saturated carbocycles. The highest BCUT2D eigenvalue weighted by Crippen LogP contribution is 2.30. The third-order valence-corrected chi connectivity index (χ3v) is 21.6. The highest BCUT2D eigenvalue weighted by molar-refractivity contribution is 8.76. The van der Waals surface area contributed by atoms with Gasteiger partial charge in [-0.15, -0.1) is 11.3 Å². The number of carbonyl (C=O) groups excluding carboxylic acids is 10. The van der Waals surface area contributed by atoms with Crippen molar-refractivity contribution in [1.29, 1.82) is 0 Å². The molecule has 3 aromatic rings. The highest BCUT2D eigenvalue weighted by Gasteiger charge is 2.37. The molecule has 1 saturated heterocycles. The van der Waals surface area contributed by atoms with Gasteiger partial charge in [-0.05, 0) is 125 Å². The van der Waals surface area contributed by atoms with Crippen LogP contribution < -0.4 is 53.4 Å². The number of nitrogens with one attached hydrogen (secondary N) is 10. The maximum Gasteiger partial charge on any atom is 0.426 e. The first-order chi connectivity index (χ1) is 54.5. The van der Waals surface area contributed by atoms with Crippen LogP contribution >= 0.6 is 45.1 Å². The third kappa shape index (κ3) is 36.0. The molecule has 0 bridgehead atoms. The number of carboxylic acids is 5. The average Bonchev–Trinajstić information content (AvgIpc) is 1.81. The molecule has 0 radical (unpaired) electrons. The molecule has 1 aromatic heterocycles. The summed E-state index contributed by atoms with van der Waals surface area (Å²) in [5.74, 6) is -15.1. The van der Waals surface area contributed by atoms with Gasteiger partial charge in [0.05, 0.1) is 12.5 Å². The molecule has 2 aromatic carbocycles. The van der Waals surface area contributed by atoms with Crippen molar-refractivity contribution in [2.24, 2.45) is 11.8 Å². The molecule has 0 unspecified atom stereocenters. The molecule has 1 aliphatic rings. The van der Waals surface area contributed by atoms with Crippen LogP contribution in [0.25, 0.3) is 0 Å². The molecule has 1 fully saturated rings. The van der Waals surface area contributed by atoms with Gasteiger partial charge in [-0.25, -0.2) is 29.6 Å². The summed E-state index contributed by atoms with van der Waals surface area (Å²) in [4.78, 5) is 201. The number of hydrogen-bond acceptors (Lipinski definition) is 25. The van der Waals surface area contributed by atoms with E-state index >= 15 is 0 Å². The van der Waals surface area contributed by atoms with Gasteiger partial charge in [0, 0.05) is 80.0 Å². The predicted octanol–water partition coefficient (Wildman–Crippen LogP) is 3.39. The third-order valence-electron chi connectivity index (χ3n) is 18.1. The first-order valence-electron chi connectivity index (χ1n) is 37.3. The fourth-order valence-electron chi connectivity index (χ4n) is 11.6. The molecule has 115 heavy (non-hydrogen) atoms. The number of amides is 9. The second-order valence-electron chi connectivity index (χ2n) is 27.5. The van der Waals surface area contributed by atoms with Crippen LogP contribution in [0.3, 0.4) is 0 Å². The largest absolute Gasteiger partial charge is 0.508 e. The van der Waals surface area contributed by atoms with Crippen LogP contribution in [0, 0.1) is 11.8 Å². The number of benzene rings is 2. The van der Waals surface area contributed by atoms with E-state index in [1.54, 1.807) is 63.2 Å². The number of rotatable bonds is 50. The molecule has 17 N–H and O–H groups in total. The molecule has 2 heterocycles. The lowest BCUT2D eigenvalue weighted by atomic mass is 9.95. The lowest BCUT2D eigenvalue weighted by Gasteiger charge is -2.36. The molecular formula is C74H105N13O24S4. The van der Waals surface area contributed by atoms with Crippen molar-refractivity contribution in [3.63, 3.8) is 0 Å². The lowest BCUT2D eigenvalue weighted by Crippen LogP contribution is -2.57. The number of hydrazine groups is 1. The summed E-state index contributed by atoms with van der Waals surface area (Å²) < 4.78 is 10.8. The van der Waals surface area contributed by atoms with E-state index in [4.69, 9.17) is 26.8 Å². The van der Waals surface area contributed by atoms with Crippen LogP contribution in [0.2, 0.25) is 0 Å². The number of aliphatic hydroxyl groups is 1. The van der Waals surface area contributed by atoms with Gasteiger partial charge in [-0.1, -0.05) is 105 Å². The number of likely N-dealkylation sites (N-methyl/N-ethyl adjacent to an activating group) is 1. The van der Waals surface area contributed by atoms with Crippen LogP contribution in [0.15, 0.2) is 71.2 Å². The van der Waals surface area contributed by atoms with E-state index in [0.29, 0.717) is 42.5 Å². The van der Waals surface area contributed by atoms with E-state index < -0.39 is 175 Å². The number of aromatic nitrogens is 1. The van der Waals surface area contributed by atoms with E-state index in [-0.39, 0.29) is 116 Å². The van der Waals surface area contributed by atoms with Crippen molar-refractivity contribution in [1.82, 2.24) is 68.2 Å². The number of carbonyl (C=O) groups is 15. The number of allylic oxidation sites excluding steroid dienone is 1. The van der Waals surface area contributed by atoms with Crippen molar-refractivity contribution in [2.45, 2.75) is 205 Å². The van der Waals surface area contributed by atoms with Crippen molar-refractivity contribution >= 4 is 139 Å². The van der Waals surface area contributed by atoms with Crippen LogP contribution in [0.4, 0.5) is 4.79 Å². The summed E-state index contributed by atoms with van der Waals surface area (Å²) in [6.45, 7) is 10.4. The zero-order valence-electron chi connectivity index (χ0n) is 64.9. The Labute approximate surface area is 681 Å². The Bertz CT molecular complexity index is 3860. The number of aromatic hydroxyl groups is 1. The second-order valence-corrected chi connectivity index (χ2v) is 31.4. The van der Waals surface area contributed by atoms with E-state index in [0.717, 1.165) is 45.8 Å². The first kappa shape index (κ1) is 97.1. The Morgan fingerprint density at radius 3 is 1.93 bits per heavy atom. The number of piperidine rings is 1. The van der Waals surface area contributed by atoms with Gasteiger partial charge in [0.25, 0.3) is 11.8 Å². The Hall–Kier alpha value is -10.2. The predicted molar refractivity (Wildman–Crippen MR) is 425 cm³/mol. The van der Waals surface area contributed by atoms with Crippen molar-refractivity contribution in [3.8, 4) is 5.75 Å². The summed E-state index contributed by atoms with van der Waals surface area (Å²) in [6, 6.07) is 4.47. The van der Waals surface area contributed by atoms with Gasteiger partial charge < -0.3 is 92.7 Å². The minimum absolute atomic E-state index is 0.00782. The summed E-state index contributed by atoms with van der Waals surface area (Å²) >= 11 is 5.98. The minimum Gasteiger partial charge on any atom is -0.508 e. The standard InChI is InChI=1S/C74H105N13O24S4/c1-8-16-61(96)111-40-87(69(102)62(42(5)9-2)83-67(101)54-19-13-14-30-86(54)7)55(41(3)4)37-56(89)68-80-52(38-113-68)66(100)76-46(34-45-21-23-47(88)24-22-45)33-43(6)63(97)84-85-74(109)110-31-32-114-115-39-53(72(107)108)79-64(98)50(35-44-17-11-10-12-18-44)78-65(99)51(36-60(94)95)77-58(91)20-15-29-75-57(90)27-25-48(70(103)104)81-73(112)82-49(71(105)106)26-28-59(92)93/h10-12,17-18,21-24,38,41,43,46,48-51,53-56,88-89H,8-9,13-16,19-20,25-37,39-40H2,1-7H3,(H,75,90)(H,76,100)(H,77,91)(H,78,99)(H,79,98)(H,83,101)(H,84,97)(H,85,109)(H,92,93)(H,94,95)(H,103,104)(H,105,106)(H,107,108)(H2,81,82,112)/b62-42+/t43-,46+,48+,49+,50-,51-,53-,54+,55+,56+/m0/s1. The molecule has 9 amide bonds. The number of likely N-dealkylation sites (tertiary alicyclic amines) is 1. The maximum atomic E-state index is 14.8. The Morgan fingerprint density at radius 1 is 0.687 bits per heavy atom.